The van der Waals surface area contributed by atoms with Crippen molar-refractivity contribution in [2.24, 2.45) is 0 Å². The molecule has 0 spiro atoms. The summed E-state index contributed by atoms with van der Waals surface area (Å²) in [7, 11) is 0. The summed E-state index contributed by atoms with van der Waals surface area (Å²) in [6, 6.07) is 0. The van der Waals surface area contributed by atoms with Crippen LogP contribution in [0.5, 0.6) is 0 Å². The second-order valence-electron chi connectivity index (χ2n) is 3.14. The molecule has 0 fully saturated rings. The van der Waals surface area contributed by atoms with Crippen molar-refractivity contribution in [2.75, 3.05) is 19.9 Å². The minimum Gasteiger partial charge on any atom is -0.329 e. The van der Waals surface area contributed by atoms with Crippen molar-refractivity contribution in [3.63, 3.8) is 0 Å². The Morgan fingerprint density at radius 3 is 1.69 bits per heavy atom. The van der Waals surface area contributed by atoms with E-state index in [2.05, 4.69) is 13.8 Å². The molecule has 0 atom stereocenters. The minimum atomic E-state index is -1.92. The Labute approximate surface area is 87.2 Å². The first-order chi connectivity index (χ1) is 6.12. The van der Waals surface area contributed by atoms with Gasteiger partial charge < -0.3 is 9.05 Å². The molecule has 13 heavy (non-hydrogen) atoms. The van der Waals surface area contributed by atoms with E-state index in [9.17, 15) is 0 Å². The molecule has 0 aromatic rings. The SMILES string of the molecule is CCCCOP(C)(=S)OCCCC. The van der Waals surface area contributed by atoms with Gasteiger partial charge in [0.05, 0.1) is 13.2 Å². The molecule has 0 amide bonds. The third kappa shape index (κ3) is 8.89. The van der Waals surface area contributed by atoms with Crippen molar-refractivity contribution in [3.05, 3.63) is 0 Å². The molecule has 4 heteroatoms. The van der Waals surface area contributed by atoms with Crippen molar-refractivity contribution < 1.29 is 9.05 Å². The lowest BCUT2D eigenvalue weighted by atomic mass is 10.4. The quantitative estimate of drug-likeness (QED) is 0.464. The van der Waals surface area contributed by atoms with Gasteiger partial charge in [0.25, 0.3) is 0 Å². The summed E-state index contributed by atoms with van der Waals surface area (Å²) < 4.78 is 11.0. The second-order valence-corrected chi connectivity index (χ2v) is 7.19. The summed E-state index contributed by atoms with van der Waals surface area (Å²) in [6.45, 7) is 5.76. The lowest BCUT2D eigenvalue weighted by Crippen LogP contribution is -1.97. The molecular weight excluding hydrogens is 203 g/mol. The van der Waals surface area contributed by atoms with Gasteiger partial charge in [-0.3, -0.25) is 0 Å². The highest BCUT2D eigenvalue weighted by atomic mass is 32.5. The summed E-state index contributed by atoms with van der Waals surface area (Å²) in [5.74, 6) is 0. The van der Waals surface area contributed by atoms with E-state index in [4.69, 9.17) is 20.9 Å². The van der Waals surface area contributed by atoms with Gasteiger partial charge in [-0.05, 0) is 24.6 Å². The monoisotopic (exact) mass is 224 g/mol. The van der Waals surface area contributed by atoms with Crippen molar-refractivity contribution in [3.8, 4) is 0 Å². The van der Waals surface area contributed by atoms with E-state index in [1.54, 1.807) is 0 Å². The summed E-state index contributed by atoms with van der Waals surface area (Å²) >= 11 is 5.24. The van der Waals surface area contributed by atoms with Crippen molar-refractivity contribution in [1.82, 2.24) is 0 Å². The molecule has 0 saturated heterocycles. The maximum absolute atomic E-state index is 5.52. The second kappa shape index (κ2) is 7.93. The van der Waals surface area contributed by atoms with Crippen LogP contribution in [0.1, 0.15) is 39.5 Å². The minimum absolute atomic E-state index is 0.746. The Bertz CT molecular complexity index is 148. The predicted molar refractivity (Wildman–Crippen MR) is 61.9 cm³/mol. The fourth-order valence-electron chi connectivity index (χ4n) is 0.787. The van der Waals surface area contributed by atoms with Gasteiger partial charge in [0.1, 0.15) is 0 Å². The highest BCUT2D eigenvalue weighted by molar-refractivity contribution is 8.09. The highest BCUT2D eigenvalue weighted by Gasteiger charge is 2.09. The van der Waals surface area contributed by atoms with Crippen LogP contribution in [0.15, 0.2) is 0 Å². The van der Waals surface area contributed by atoms with Crippen LogP contribution < -0.4 is 0 Å². The largest absolute Gasteiger partial charge is 0.329 e. The van der Waals surface area contributed by atoms with Crippen LogP contribution in [-0.4, -0.2) is 19.9 Å². The van der Waals surface area contributed by atoms with Crippen LogP contribution in [0.3, 0.4) is 0 Å². The Hall–Kier alpha value is 0.570. The fourth-order valence-corrected chi connectivity index (χ4v) is 2.23. The van der Waals surface area contributed by atoms with Crippen LogP contribution in [0, 0.1) is 0 Å². The topological polar surface area (TPSA) is 18.5 Å². The highest BCUT2D eigenvalue weighted by Crippen LogP contribution is 2.44. The van der Waals surface area contributed by atoms with Gasteiger partial charge >= 0.3 is 0 Å². The van der Waals surface area contributed by atoms with E-state index >= 15 is 0 Å². The van der Waals surface area contributed by atoms with Crippen LogP contribution in [0.25, 0.3) is 0 Å². The van der Waals surface area contributed by atoms with Crippen LogP contribution in [0.2, 0.25) is 0 Å². The first-order valence-electron chi connectivity index (χ1n) is 4.99. The normalized spacial score (nSPS) is 11.9. The number of hydrogen-bond acceptors (Lipinski definition) is 3. The van der Waals surface area contributed by atoms with Gasteiger partial charge in [-0.1, -0.05) is 26.7 Å². The Morgan fingerprint density at radius 2 is 1.38 bits per heavy atom. The average Bonchev–Trinajstić information content (AvgIpc) is 2.05. The molecule has 2 nitrogen and oxygen atoms in total. The van der Waals surface area contributed by atoms with Crippen molar-refractivity contribution in [2.45, 2.75) is 39.5 Å². The molecule has 0 N–H and O–H groups in total. The molecule has 0 aliphatic rings. The third-order valence-corrected chi connectivity index (χ3v) is 3.58. The zero-order chi connectivity index (χ0) is 10.2. The molecule has 0 unspecified atom stereocenters. The van der Waals surface area contributed by atoms with Crippen LogP contribution >= 0.6 is 6.49 Å². The van der Waals surface area contributed by atoms with Crippen molar-refractivity contribution in [1.29, 1.82) is 0 Å². The first-order valence-corrected chi connectivity index (χ1v) is 8.07. The molecular formula is C9H21O2PS. The summed E-state index contributed by atoms with van der Waals surface area (Å²) in [4.78, 5) is 0. The van der Waals surface area contributed by atoms with Crippen LogP contribution in [-0.2, 0) is 20.9 Å². The molecule has 0 rings (SSSR count). The molecule has 0 heterocycles. The molecule has 0 aromatic heterocycles. The molecule has 0 radical (unpaired) electrons. The third-order valence-electron chi connectivity index (χ3n) is 1.65. The standard InChI is InChI=1S/C9H21O2PS/c1-4-6-8-10-12(3,13)11-9-7-5-2/h4-9H2,1-3H3. The van der Waals surface area contributed by atoms with E-state index in [0.717, 1.165) is 38.9 Å². The van der Waals surface area contributed by atoms with E-state index in [0.29, 0.717) is 0 Å². The molecule has 0 aromatic carbocycles. The summed E-state index contributed by atoms with van der Waals surface area (Å²) in [5.41, 5.74) is 0. The lowest BCUT2D eigenvalue weighted by Gasteiger charge is -2.17. The van der Waals surface area contributed by atoms with E-state index in [1.807, 2.05) is 6.66 Å². The molecule has 0 saturated carbocycles. The van der Waals surface area contributed by atoms with Gasteiger partial charge in [-0.15, -0.1) is 0 Å². The number of hydrogen-bond donors (Lipinski definition) is 0. The Kier molecular flexibility index (Phi) is 8.27. The predicted octanol–water partition coefficient (Wildman–Crippen LogP) is 3.56. The van der Waals surface area contributed by atoms with Gasteiger partial charge in [0, 0.05) is 6.66 Å². The maximum atomic E-state index is 5.52. The number of rotatable bonds is 8. The first kappa shape index (κ1) is 13.6. The Morgan fingerprint density at radius 1 is 1.00 bits per heavy atom. The zero-order valence-electron chi connectivity index (χ0n) is 8.91. The van der Waals surface area contributed by atoms with E-state index < -0.39 is 6.49 Å². The Balaban J connectivity index is 3.49. The number of unbranched alkanes of at least 4 members (excludes halogenated alkanes) is 2. The maximum Gasteiger partial charge on any atom is 0.185 e. The van der Waals surface area contributed by atoms with Crippen molar-refractivity contribution >= 4 is 18.3 Å². The molecule has 0 aliphatic carbocycles. The molecule has 0 aliphatic heterocycles. The zero-order valence-corrected chi connectivity index (χ0v) is 10.6. The molecule has 80 valence electrons. The van der Waals surface area contributed by atoms with Gasteiger partial charge in [-0.25, -0.2) is 0 Å². The smallest absolute Gasteiger partial charge is 0.185 e. The summed E-state index contributed by atoms with van der Waals surface area (Å²) in [5, 5.41) is 0. The van der Waals surface area contributed by atoms with Crippen LogP contribution in [0.4, 0.5) is 0 Å². The van der Waals surface area contributed by atoms with Gasteiger partial charge in [0.15, 0.2) is 6.49 Å². The van der Waals surface area contributed by atoms with Gasteiger partial charge in [-0.2, -0.15) is 0 Å². The van der Waals surface area contributed by atoms with E-state index in [-0.39, 0.29) is 0 Å². The molecule has 0 bridgehead atoms. The summed E-state index contributed by atoms with van der Waals surface area (Å²) in [6.07, 6.45) is 4.43. The average molecular weight is 224 g/mol. The van der Waals surface area contributed by atoms with Gasteiger partial charge in [0.2, 0.25) is 0 Å². The lowest BCUT2D eigenvalue weighted by molar-refractivity contribution is 0.244. The fraction of sp³-hybridized carbons (Fsp3) is 1.00. The van der Waals surface area contributed by atoms with E-state index in [1.165, 1.54) is 0 Å².